The van der Waals surface area contributed by atoms with Gasteiger partial charge >= 0.3 is 0 Å². The molecule has 0 saturated carbocycles. The quantitative estimate of drug-likeness (QED) is 0.864. The maximum Gasteiger partial charge on any atom is 0.237 e. The topological polar surface area (TPSA) is 44.4 Å². The van der Waals surface area contributed by atoms with Gasteiger partial charge in [0.05, 0.1) is 12.1 Å². The number of carbonyl (C=O) groups excluding carboxylic acids is 1. The van der Waals surface area contributed by atoms with Crippen molar-refractivity contribution in [3.05, 3.63) is 35.4 Å². The van der Waals surface area contributed by atoms with Crippen LogP contribution in [0.25, 0.3) is 0 Å². The van der Waals surface area contributed by atoms with Crippen molar-refractivity contribution in [2.75, 3.05) is 27.2 Å². The molecule has 1 aliphatic rings. The van der Waals surface area contributed by atoms with Crippen LogP contribution in [0, 0.1) is 11.6 Å². The van der Waals surface area contributed by atoms with Crippen LogP contribution in [0.2, 0.25) is 0 Å². The highest BCUT2D eigenvalue weighted by molar-refractivity contribution is 5.85. The lowest BCUT2D eigenvalue weighted by Gasteiger charge is -2.26. The largest absolute Gasteiger partial charge is 0.353 e. The highest BCUT2D eigenvalue weighted by atomic mass is 35.5. The summed E-state index contributed by atoms with van der Waals surface area (Å²) in [7, 11) is 3.47. The minimum absolute atomic E-state index is 0. The number of nitrogens with one attached hydrogen (secondary N) is 2. The third-order valence-electron chi connectivity index (χ3n) is 3.80. The van der Waals surface area contributed by atoms with Crippen LogP contribution in [-0.4, -0.2) is 44.0 Å². The number of carbonyl (C=O) groups is 1. The third kappa shape index (κ3) is 4.38. The lowest BCUT2D eigenvalue weighted by Crippen LogP contribution is -2.43. The van der Waals surface area contributed by atoms with Crippen LogP contribution in [0.15, 0.2) is 18.2 Å². The number of nitrogens with zero attached hydrogens (tertiary/aromatic N) is 1. The second-order valence-corrected chi connectivity index (χ2v) is 5.51. The van der Waals surface area contributed by atoms with Crippen molar-refractivity contribution in [2.24, 2.45) is 0 Å². The van der Waals surface area contributed by atoms with Gasteiger partial charge in [0.2, 0.25) is 5.91 Å². The van der Waals surface area contributed by atoms with Gasteiger partial charge in [-0.25, -0.2) is 8.78 Å². The Labute approximate surface area is 135 Å². The van der Waals surface area contributed by atoms with E-state index < -0.39 is 17.7 Å². The summed E-state index contributed by atoms with van der Waals surface area (Å²) in [5, 5.41) is 5.88. The van der Waals surface area contributed by atoms with Gasteiger partial charge in [0.15, 0.2) is 0 Å². The molecule has 2 rings (SSSR count). The zero-order valence-corrected chi connectivity index (χ0v) is 13.6. The molecule has 1 aromatic rings. The van der Waals surface area contributed by atoms with Crippen molar-refractivity contribution in [3.8, 4) is 0 Å². The molecule has 0 radical (unpaired) electrons. The van der Waals surface area contributed by atoms with E-state index >= 15 is 0 Å². The summed E-state index contributed by atoms with van der Waals surface area (Å²) in [5.74, 6) is -1.31. The molecule has 0 aromatic heterocycles. The molecule has 7 heteroatoms. The average molecular weight is 334 g/mol. The van der Waals surface area contributed by atoms with Gasteiger partial charge in [-0.15, -0.1) is 12.4 Å². The Morgan fingerprint density at radius 2 is 2.05 bits per heavy atom. The van der Waals surface area contributed by atoms with E-state index in [2.05, 4.69) is 10.6 Å². The van der Waals surface area contributed by atoms with Gasteiger partial charge in [-0.1, -0.05) is 6.07 Å². The third-order valence-corrected chi connectivity index (χ3v) is 3.80. The normalized spacial score (nSPS) is 18.9. The highest BCUT2D eigenvalue weighted by Crippen LogP contribution is 2.24. The second-order valence-electron chi connectivity index (χ2n) is 5.51. The Balaban J connectivity index is 0.00000242. The molecule has 4 nitrogen and oxygen atoms in total. The number of likely N-dealkylation sites (N-methyl/N-ethyl adjacent to an activating group) is 1. The fourth-order valence-corrected chi connectivity index (χ4v) is 2.60. The van der Waals surface area contributed by atoms with E-state index in [4.69, 9.17) is 0 Å². The van der Waals surface area contributed by atoms with E-state index in [1.54, 1.807) is 19.0 Å². The number of halogens is 3. The molecule has 1 fully saturated rings. The van der Waals surface area contributed by atoms with Crippen LogP contribution in [0.5, 0.6) is 0 Å². The number of hydrogen-bond acceptors (Lipinski definition) is 3. The first-order chi connectivity index (χ1) is 10.0. The van der Waals surface area contributed by atoms with E-state index in [9.17, 15) is 13.6 Å². The first kappa shape index (κ1) is 18.8. The van der Waals surface area contributed by atoms with E-state index in [1.807, 2.05) is 0 Å². The van der Waals surface area contributed by atoms with Crippen LogP contribution in [0.3, 0.4) is 0 Å². The van der Waals surface area contributed by atoms with Crippen molar-refractivity contribution >= 4 is 18.3 Å². The first-order valence-electron chi connectivity index (χ1n) is 7.12. The van der Waals surface area contributed by atoms with Crippen molar-refractivity contribution in [1.82, 2.24) is 15.5 Å². The van der Waals surface area contributed by atoms with Gasteiger partial charge in [0, 0.05) is 12.1 Å². The van der Waals surface area contributed by atoms with E-state index in [0.717, 1.165) is 19.4 Å². The maximum absolute atomic E-state index is 13.9. The Hall–Kier alpha value is -1.24. The Morgan fingerprint density at radius 1 is 1.41 bits per heavy atom. The molecule has 124 valence electrons. The second kappa shape index (κ2) is 8.41. The number of rotatable bonds is 5. The lowest BCUT2D eigenvalue weighted by atomic mass is 10.0. The molecule has 1 heterocycles. The molecule has 22 heavy (non-hydrogen) atoms. The van der Waals surface area contributed by atoms with E-state index in [-0.39, 0.29) is 36.5 Å². The summed E-state index contributed by atoms with van der Waals surface area (Å²) in [5.41, 5.74) is -0.0119. The summed E-state index contributed by atoms with van der Waals surface area (Å²) in [6.45, 7) is 0.999. The van der Waals surface area contributed by atoms with Crippen molar-refractivity contribution in [3.63, 3.8) is 0 Å². The van der Waals surface area contributed by atoms with Crippen LogP contribution < -0.4 is 10.6 Å². The summed E-state index contributed by atoms with van der Waals surface area (Å²) in [6.07, 6.45) is 1.77. The predicted molar refractivity (Wildman–Crippen MR) is 84.1 cm³/mol. The van der Waals surface area contributed by atoms with Crippen LogP contribution in [-0.2, 0) is 4.79 Å². The molecule has 0 bridgehead atoms. The fraction of sp³-hybridized carbons (Fsp3) is 0.533. The molecule has 1 saturated heterocycles. The monoisotopic (exact) mass is 333 g/mol. The number of amides is 1. The van der Waals surface area contributed by atoms with Crippen LogP contribution >= 0.6 is 12.4 Å². The molecular formula is C15H22ClF2N3O. The van der Waals surface area contributed by atoms with E-state index in [1.165, 1.54) is 18.2 Å². The zero-order chi connectivity index (χ0) is 15.4. The Kier molecular flexibility index (Phi) is 7.19. The smallest absolute Gasteiger partial charge is 0.237 e. The molecule has 1 unspecified atom stereocenters. The fourth-order valence-electron chi connectivity index (χ4n) is 2.60. The lowest BCUT2D eigenvalue weighted by molar-refractivity contribution is -0.123. The molecule has 2 atom stereocenters. The first-order valence-corrected chi connectivity index (χ1v) is 7.12. The average Bonchev–Trinajstić information content (AvgIpc) is 2.95. The van der Waals surface area contributed by atoms with Crippen molar-refractivity contribution in [2.45, 2.75) is 24.9 Å². The van der Waals surface area contributed by atoms with Crippen molar-refractivity contribution < 1.29 is 13.6 Å². The molecule has 1 aromatic carbocycles. The molecule has 1 aliphatic heterocycles. The molecule has 0 spiro atoms. The predicted octanol–water partition coefficient (Wildman–Crippen LogP) is 1.86. The van der Waals surface area contributed by atoms with Crippen molar-refractivity contribution in [1.29, 1.82) is 0 Å². The minimum Gasteiger partial charge on any atom is -0.353 e. The highest BCUT2D eigenvalue weighted by Gasteiger charge is 2.26. The number of hydrogen-bond donors (Lipinski definition) is 2. The molecule has 1 amide bonds. The Morgan fingerprint density at radius 3 is 2.55 bits per heavy atom. The van der Waals surface area contributed by atoms with Gasteiger partial charge in [-0.2, -0.15) is 0 Å². The van der Waals surface area contributed by atoms with Gasteiger partial charge < -0.3 is 15.5 Å². The van der Waals surface area contributed by atoms with Gasteiger partial charge in [-0.05, 0) is 45.6 Å². The van der Waals surface area contributed by atoms with Gasteiger partial charge in [0.1, 0.15) is 11.6 Å². The summed E-state index contributed by atoms with van der Waals surface area (Å²) in [4.78, 5) is 13.7. The van der Waals surface area contributed by atoms with Crippen LogP contribution in [0.4, 0.5) is 8.78 Å². The molecular weight excluding hydrogens is 312 g/mol. The van der Waals surface area contributed by atoms with Crippen LogP contribution in [0.1, 0.15) is 24.4 Å². The zero-order valence-electron chi connectivity index (χ0n) is 12.7. The standard InChI is InChI=1S/C15H21F2N3O.ClH/c1-20(2)13(14-10(16)5-3-6-11(14)17)9-19-15(21)12-7-4-8-18-12;/h3,5-6,12-13,18H,4,7-9H2,1-2H3,(H,19,21);1H/t12-,13?;/m0./s1. The minimum atomic E-state index is -0.595. The van der Waals surface area contributed by atoms with E-state index in [0.29, 0.717) is 0 Å². The molecule has 2 N–H and O–H groups in total. The molecule has 0 aliphatic carbocycles. The summed E-state index contributed by atoms with van der Waals surface area (Å²) >= 11 is 0. The number of benzene rings is 1. The summed E-state index contributed by atoms with van der Waals surface area (Å²) in [6, 6.07) is 3.06. The van der Waals surface area contributed by atoms with Gasteiger partial charge in [-0.3, -0.25) is 4.79 Å². The SMILES string of the molecule is CN(C)C(CNC(=O)[C@@H]1CCCN1)c1c(F)cccc1F.Cl. The Bertz CT molecular complexity index is 487. The summed E-state index contributed by atoms with van der Waals surface area (Å²) < 4.78 is 27.8. The van der Waals surface area contributed by atoms with Gasteiger partial charge in [0.25, 0.3) is 0 Å². The maximum atomic E-state index is 13.9.